The third-order valence-electron chi connectivity index (χ3n) is 5.14. The Labute approximate surface area is 167 Å². The first-order valence-corrected chi connectivity index (χ1v) is 9.92. The summed E-state index contributed by atoms with van der Waals surface area (Å²) in [6.45, 7) is 8.02. The molecule has 2 aromatic carbocycles. The van der Waals surface area contributed by atoms with Crippen molar-refractivity contribution in [2.75, 3.05) is 30.3 Å². The van der Waals surface area contributed by atoms with Crippen LogP contribution in [0.3, 0.4) is 0 Å². The maximum atomic E-state index is 12.7. The number of carbonyl (C=O) groups excluding carboxylic acids is 2. The highest BCUT2D eigenvalue weighted by molar-refractivity contribution is 5.96. The van der Waals surface area contributed by atoms with Gasteiger partial charge in [0, 0.05) is 30.0 Å². The Hall–Kier alpha value is -2.82. The molecule has 0 aliphatic carbocycles. The number of anilines is 2. The lowest BCUT2D eigenvalue weighted by Crippen LogP contribution is -2.37. The molecule has 0 saturated carbocycles. The van der Waals surface area contributed by atoms with Crippen LogP contribution in [0.2, 0.25) is 0 Å². The number of benzene rings is 2. The molecule has 2 N–H and O–H groups in total. The van der Waals surface area contributed by atoms with E-state index in [2.05, 4.69) is 23.6 Å². The summed E-state index contributed by atoms with van der Waals surface area (Å²) >= 11 is 0. The summed E-state index contributed by atoms with van der Waals surface area (Å²) in [6.07, 6.45) is 2.12. The summed E-state index contributed by atoms with van der Waals surface area (Å²) in [4.78, 5) is 26.9. The monoisotopic (exact) mass is 379 g/mol. The second-order valence-corrected chi connectivity index (χ2v) is 7.83. The molecule has 1 saturated heterocycles. The number of nitrogens with one attached hydrogen (secondary N) is 2. The number of piperidine rings is 1. The van der Waals surface area contributed by atoms with Gasteiger partial charge < -0.3 is 15.5 Å². The van der Waals surface area contributed by atoms with Gasteiger partial charge in [0.05, 0.1) is 6.54 Å². The van der Waals surface area contributed by atoms with E-state index >= 15 is 0 Å². The molecule has 28 heavy (non-hydrogen) atoms. The molecule has 0 bridgehead atoms. The molecule has 2 amide bonds. The minimum absolute atomic E-state index is 0.0650. The zero-order valence-electron chi connectivity index (χ0n) is 16.9. The fourth-order valence-electron chi connectivity index (χ4n) is 3.59. The number of hydrogen-bond donors (Lipinski definition) is 2. The number of likely N-dealkylation sites (tertiary alicyclic amines) is 1. The minimum atomic E-state index is -0.119. The van der Waals surface area contributed by atoms with E-state index in [1.165, 1.54) is 0 Å². The summed E-state index contributed by atoms with van der Waals surface area (Å²) in [5.74, 6) is 0.634. The summed E-state index contributed by atoms with van der Waals surface area (Å²) in [6, 6.07) is 13.3. The van der Waals surface area contributed by atoms with E-state index < -0.39 is 0 Å². The van der Waals surface area contributed by atoms with Gasteiger partial charge in [0.1, 0.15) is 0 Å². The van der Waals surface area contributed by atoms with Crippen LogP contribution in [0, 0.1) is 19.8 Å². The van der Waals surface area contributed by atoms with Gasteiger partial charge in [-0.25, -0.2) is 0 Å². The Balaban J connectivity index is 1.57. The molecule has 0 aromatic heterocycles. The van der Waals surface area contributed by atoms with Crippen molar-refractivity contribution in [3.05, 3.63) is 59.2 Å². The Bertz CT molecular complexity index is 834. The van der Waals surface area contributed by atoms with Gasteiger partial charge in [-0.15, -0.1) is 0 Å². The number of aryl methyl sites for hydroxylation is 2. The molecule has 3 rings (SSSR count). The van der Waals surface area contributed by atoms with Crippen LogP contribution in [0.15, 0.2) is 42.5 Å². The summed E-state index contributed by atoms with van der Waals surface area (Å²) in [7, 11) is 0. The van der Waals surface area contributed by atoms with Crippen molar-refractivity contribution < 1.29 is 9.59 Å². The number of rotatable bonds is 5. The normalized spacial score (nSPS) is 14.6. The zero-order valence-corrected chi connectivity index (χ0v) is 16.9. The van der Waals surface area contributed by atoms with Crippen LogP contribution in [0.4, 0.5) is 11.4 Å². The Kier molecular flexibility index (Phi) is 6.34. The number of hydrogen-bond acceptors (Lipinski definition) is 3. The number of amides is 2. The molecule has 148 valence electrons. The first-order valence-electron chi connectivity index (χ1n) is 9.92. The first-order chi connectivity index (χ1) is 13.4. The van der Waals surface area contributed by atoms with E-state index in [0.29, 0.717) is 11.5 Å². The van der Waals surface area contributed by atoms with E-state index in [0.717, 1.165) is 48.4 Å². The molecule has 0 radical (unpaired) electrons. The zero-order chi connectivity index (χ0) is 20.1. The average molecular weight is 380 g/mol. The largest absolute Gasteiger partial charge is 0.376 e. The van der Waals surface area contributed by atoms with Crippen LogP contribution < -0.4 is 10.6 Å². The van der Waals surface area contributed by atoms with Gasteiger partial charge in [-0.05, 0) is 74.1 Å². The molecule has 0 spiro atoms. The van der Waals surface area contributed by atoms with Gasteiger partial charge in [0.25, 0.3) is 5.91 Å². The molecule has 1 aliphatic heterocycles. The molecule has 0 unspecified atom stereocenters. The van der Waals surface area contributed by atoms with Crippen molar-refractivity contribution in [3.63, 3.8) is 0 Å². The van der Waals surface area contributed by atoms with Crippen molar-refractivity contribution >= 4 is 23.2 Å². The van der Waals surface area contributed by atoms with Crippen molar-refractivity contribution in [1.82, 2.24) is 4.90 Å². The molecule has 2 aromatic rings. The number of nitrogens with zero attached hydrogens (tertiary/aromatic N) is 1. The fraction of sp³-hybridized carbons (Fsp3) is 0.391. The highest BCUT2D eigenvalue weighted by Crippen LogP contribution is 2.20. The molecule has 1 heterocycles. The number of carbonyl (C=O) groups is 2. The summed E-state index contributed by atoms with van der Waals surface area (Å²) in [5.41, 5.74) is 4.46. The SMILES string of the molecule is Cc1cc(C)cc(NC(=O)CNc2cccc(C(=O)N3CCC(C)CC3)c2)c1. The lowest BCUT2D eigenvalue weighted by atomic mass is 9.98. The first kappa shape index (κ1) is 19.9. The fourth-order valence-corrected chi connectivity index (χ4v) is 3.59. The van der Waals surface area contributed by atoms with E-state index in [-0.39, 0.29) is 18.4 Å². The van der Waals surface area contributed by atoms with Gasteiger partial charge in [-0.3, -0.25) is 9.59 Å². The molecule has 1 fully saturated rings. The van der Waals surface area contributed by atoms with Crippen LogP contribution in [0.1, 0.15) is 41.3 Å². The second-order valence-electron chi connectivity index (χ2n) is 7.83. The van der Waals surface area contributed by atoms with E-state index in [9.17, 15) is 9.59 Å². The van der Waals surface area contributed by atoms with Crippen LogP contribution in [-0.4, -0.2) is 36.3 Å². The van der Waals surface area contributed by atoms with Gasteiger partial charge in [-0.1, -0.05) is 19.1 Å². The van der Waals surface area contributed by atoms with Crippen molar-refractivity contribution in [3.8, 4) is 0 Å². The summed E-state index contributed by atoms with van der Waals surface area (Å²) < 4.78 is 0. The van der Waals surface area contributed by atoms with Gasteiger partial charge in [0.15, 0.2) is 0 Å². The van der Waals surface area contributed by atoms with Gasteiger partial charge in [-0.2, -0.15) is 0 Å². The van der Waals surface area contributed by atoms with Crippen LogP contribution in [0.5, 0.6) is 0 Å². The third-order valence-corrected chi connectivity index (χ3v) is 5.14. The van der Waals surface area contributed by atoms with E-state index in [1.807, 2.05) is 55.1 Å². The predicted octanol–water partition coefficient (Wildman–Crippen LogP) is 4.23. The molecule has 1 aliphatic rings. The average Bonchev–Trinajstić information content (AvgIpc) is 2.66. The summed E-state index contributed by atoms with van der Waals surface area (Å²) in [5, 5.41) is 6.03. The Morgan fingerprint density at radius 3 is 2.36 bits per heavy atom. The highest BCUT2D eigenvalue weighted by Gasteiger charge is 2.21. The molecule has 5 nitrogen and oxygen atoms in total. The van der Waals surface area contributed by atoms with Gasteiger partial charge >= 0.3 is 0 Å². The maximum Gasteiger partial charge on any atom is 0.253 e. The third kappa shape index (κ3) is 5.35. The van der Waals surface area contributed by atoms with Crippen molar-refractivity contribution in [2.45, 2.75) is 33.6 Å². The van der Waals surface area contributed by atoms with Gasteiger partial charge in [0.2, 0.25) is 5.91 Å². The van der Waals surface area contributed by atoms with Crippen molar-refractivity contribution in [2.24, 2.45) is 5.92 Å². The smallest absolute Gasteiger partial charge is 0.253 e. The lowest BCUT2D eigenvalue weighted by molar-refractivity contribution is -0.114. The van der Waals surface area contributed by atoms with Crippen molar-refractivity contribution in [1.29, 1.82) is 0 Å². The maximum absolute atomic E-state index is 12.7. The van der Waals surface area contributed by atoms with Crippen LogP contribution in [0.25, 0.3) is 0 Å². The second kappa shape index (κ2) is 8.91. The minimum Gasteiger partial charge on any atom is -0.376 e. The highest BCUT2D eigenvalue weighted by atomic mass is 16.2. The van der Waals surface area contributed by atoms with Crippen LogP contribution >= 0.6 is 0 Å². The topological polar surface area (TPSA) is 61.4 Å². The Morgan fingerprint density at radius 2 is 1.68 bits per heavy atom. The lowest BCUT2D eigenvalue weighted by Gasteiger charge is -2.30. The van der Waals surface area contributed by atoms with Crippen LogP contribution in [-0.2, 0) is 4.79 Å². The molecule has 0 atom stereocenters. The molecule has 5 heteroatoms. The molecular formula is C23H29N3O2. The Morgan fingerprint density at radius 1 is 1.00 bits per heavy atom. The standard InChI is InChI=1S/C23H29N3O2/c1-16-7-9-26(10-8-16)23(28)19-5-4-6-20(14-19)24-15-22(27)25-21-12-17(2)11-18(3)13-21/h4-6,11-14,16,24H,7-10,15H2,1-3H3,(H,25,27). The predicted molar refractivity (Wildman–Crippen MR) is 114 cm³/mol. The molecular weight excluding hydrogens is 350 g/mol. The quantitative estimate of drug-likeness (QED) is 0.817. The van der Waals surface area contributed by atoms with E-state index in [4.69, 9.17) is 0 Å². The van der Waals surface area contributed by atoms with E-state index in [1.54, 1.807) is 0 Å².